The largest absolute Gasteiger partial charge is 0.367 e. The average Bonchev–Trinajstić information content (AvgIpc) is 2.55. The Kier molecular flexibility index (Phi) is 7.15. The summed E-state index contributed by atoms with van der Waals surface area (Å²) in [6.45, 7) is 5.96. The van der Waals surface area contributed by atoms with Gasteiger partial charge in [0.2, 0.25) is 0 Å². The minimum atomic E-state index is 0.139. The number of nitrogens with zero attached hydrogens (tertiary/aromatic N) is 3. The molecule has 21 heavy (non-hydrogen) atoms. The highest BCUT2D eigenvalue weighted by atomic mass is 32.2. The van der Waals surface area contributed by atoms with Crippen molar-refractivity contribution in [3.05, 3.63) is 52.6 Å². The van der Waals surface area contributed by atoms with Gasteiger partial charge in [-0.25, -0.2) is 0 Å². The molecule has 1 rings (SSSR count). The van der Waals surface area contributed by atoms with Crippen LogP contribution in [0.3, 0.4) is 0 Å². The average molecular weight is 297 g/mol. The second kappa shape index (κ2) is 8.89. The molecule has 3 nitrogen and oxygen atoms in total. The normalized spacial score (nSPS) is 10.4. The van der Waals surface area contributed by atoms with Gasteiger partial charge in [-0.3, -0.25) is 0 Å². The topological polar surface area (TPSA) is 50.8 Å². The molecule has 0 unspecified atom stereocenters. The SMILES string of the molecule is CCN(CC)/C(=C/C(=C(C#N)C#N)c1ccccc1)SC. The van der Waals surface area contributed by atoms with E-state index in [1.165, 1.54) is 0 Å². The van der Waals surface area contributed by atoms with E-state index >= 15 is 0 Å². The molecule has 0 saturated carbocycles. The van der Waals surface area contributed by atoms with E-state index in [0.29, 0.717) is 5.57 Å². The van der Waals surface area contributed by atoms with Crippen molar-refractivity contribution in [3.63, 3.8) is 0 Å². The van der Waals surface area contributed by atoms with Gasteiger partial charge in [0.25, 0.3) is 0 Å². The fraction of sp³-hybridized carbons (Fsp3) is 0.294. The Hall–Kier alpha value is -2.17. The highest BCUT2D eigenvalue weighted by Gasteiger charge is 2.11. The molecule has 108 valence electrons. The van der Waals surface area contributed by atoms with Crippen LogP contribution in [0.1, 0.15) is 19.4 Å². The van der Waals surface area contributed by atoms with E-state index in [0.717, 1.165) is 23.7 Å². The van der Waals surface area contributed by atoms with Crippen molar-refractivity contribution >= 4 is 17.3 Å². The summed E-state index contributed by atoms with van der Waals surface area (Å²) in [5.74, 6) is 0. The highest BCUT2D eigenvalue weighted by molar-refractivity contribution is 8.02. The van der Waals surface area contributed by atoms with Gasteiger partial charge in [-0.2, -0.15) is 10.5 Å². The highest BCUT2D eigenvalue weighted by Crippen LogP contribution is 2.26. The number of thioether (sulfide) groups is 1. The smallest absolute Gasteiger partial charge is 0.137 e. The Morgan fingerprint density at radius 1 is 1.14 bits per heavy atom. The van der Waals surface area contributed by atoms with Crippen LogP contribution in [0, 0.1) is 22.7 Å². The lowest BCUT2D eigenvalue weighted by atomic mass is 10.0. The summed E-state index contributed by atoms with van der Waals surface area (Å²) >= 11 is 1.62. The van der Waals surface area contributed by atoms with Crippen molar-refractivity contribution in [3.8, 4) is 12.1 Å². The van der Waals surface area contributed by atoms with Gasteiger partial charge in [0.05, 0.1) is 5.03 Å². The van der Waals surface area contributed by atoms with Crippen LogP contribution in [-0.4, -0.2) is 24.2 Å². The van der Waals surface area contributed by atoms with Gasteiger partial charge in [-0.05, 0) is 31.7 Å². The summed E-state index contributed by atoms with van der Waals surface area (Å²) in [5.41, 5.74) is 1.70. The van der Waals surface area contributed by atoms with Crippen molar-refractivity contribution in [2.75, 3.05) is 19.3 Å². The molecule has 0 atom stereocenters. The maximum Gasteiger partial charge on any atom is 0.137 e. The monoisotopic (exact) mass is 297 g/mol. The molecule has 0 bridgehead atoms. The number of nitriles is 2. The number of rotatable bonds is 6. The minimum Gasteiger partial charge on any atom is -0.367 e. The zero-order valence-corrected chi connectivity index (χ0v) is 13.4. The molecule has 0 N–H and O–H groups in total. The molecule has 0 aliphatic heterocycles. The van der Waals surface area contributed by atoms with Gasteiger partial charge in [-0.1, -0.05) is 30.3 Å². The van der Waals surface area contributed by atoms with Crippen LogP contribution in [0.5, 0.6) is 0 Å². The lowest BCUT2D eigenvalue weighted by Crippen LogP contribution is -2.20. The third-order valence-corrected chi connectivity index (χ3v) is 3.92. The maximum absolute atomic E-state index is 9.22. The Bertz CT molecular complexity index is 583. The Morgan fingerprint density at radius 3 is 2.14 bits per heavy atom. The van der Waals surface area contributed by atoms with Crippen LogP contribution in [0.4, 0.5) is 0 Å². The second-order valence-corrected chi connectivity index (χ2v) is 5.06. The summed E-state index contributed by atoms with van der Waals surface area (Å²) in [4.78, 5) is 2.21. The van der Waals surface area contributed by atoms with E-state index in [1.807, 2.05) is 54.8 Å². The van der Waals surface area contributed by atoms with E-state index in [-0.39, 0.29) is 5.57 Å². The molecule has 0 aliphatic carbocycles. The van der Waals surface area contributed by atoms with Crippen LogP contribution in [-0.2, 0) is 0 Å². The Morgan fingerprint density at radius 2 is 1.71 bits per heavy atom. The third kappa shape index (κ3) is 4.41. The zero-order valence-electron chi connectivity index (χ0n) is 12.6. The summed E-state index contributed by atoms with van der Waals surface area (Å²) < 4.78 is 0. The molecule has 0 heterocycles. The van der Waals surface area contributed by atoms with Crippen molar-refractivity contribution in [2.45, 2.75) is 13.8 Å². The first-order valence-electron chi connectivity index (χ1n) is 6.82. The van der Waals surface area contributed by atoms with Gasteiger partial charge < -0.3 is 4.90 Å². The lowest BCUT2D eigenvalue weighted by molar-refractivity contribution is 0.409. The maximum atomic E-state index is 9.22. The molecule has 0 spiro atoms. The van der Waals surface area contributed by atoms with E-state index in [1.54, 1.807) is 11.8 Å². The van der Waals surface area contributed by atoms with Crippen LogP contribution < -0.4 is 0 Å². The van der Waals surface area contributed by atoms with Crippen molar-refractivity contribution in [2.24, 2.45) is 0 Å². The van der Waals surface area contributed by atoms with Gasteiger partial charge in [-0.15, -0.1) is 11.8 Å². The second-order valence-electron chi connectivity index (χ2n) is 4.24. The molecule has 0 amide bonds. The Balaban J connectivity index is 3.44. The first-order valence-corrected chi connectivity index (χ1v) is 8.04. The molecule has 4 heteroatoms. The predicted molar refractivity (Wildman–Crippen MR) is 89.1 cm³/mol. The van der Waals surface area contributed by atoms with Gasteiger partial charge >= 0.3 is 0 Å². The molecular weight excluding hydrogens is 278 g/mol. The predicted octanol–water partition coefficient (Wildman–Crippen LogP) is 4.03. The molecule has 0 aromatic heterocycles. The van der Waals surface area contributed by atoms with E-state index in [2.05, 4.69) is 18.7 Å². The van der Waals surface area contributed by atoms with Crippen LogP contribution in [0.2, 0.25) is 0 Å². The van der Waals surface area contributed by atoms with Gasteiger partial charge in [0.15, 0.2) is 0 Å². The number of benzene rings is 1. The quantitative estimate of drug-likeness (QED) is 0.587. The fourth-order valence-corrected chi connectivity index (χ4v) is 2.75. The number of allylic oxidation sites excluding steroid dienone is 3. The molecule has 0 fully saturated rings. The third-order valence-electron chi connectivity index (χ3n) is 3.13. The standard InChI is InChI=1S/C17H19N3S/c1-4-20(5-2)17(21-3)11-16(15(12-18)13-19)14-9-7-6-8-10-14/h6-11H,4-5H2,1-3H3/b17-11-. The van der Waals surface area contributed by atoms with Crippen LogP contribution >= 0.6 is 11.8 Å². The van der Waals surface area contributed by atoms with E-state index in [9.17, 15) is 10.5 Å². The molecule has 1 aromatic carbocycles. The summed E-state index contributed by atoms with van der Waals surface area (Å²) in [5, 5.41) is 19.5. The van der Waals surface area contributed by atoms with E-state index < -0.39 is 0 Å². The molecular formula is C17H19N3S. The first-order chi connectivity index (χ1) is 10.2. The number of hydrogen-bond acceptors (Lipinski definition) is 4. The van der Waals surface area contributed by atoms with E-state index in [4.69, 9.17) is 0 Å². The van der Waals surface area contributed by atoms with Gasteiger partial charge in [0, 0.05) is 18.7 Å². The van der Waals surface area contributed by atoms with Crippen molar-refractivity contribution < 1.29 is 0 Å². The fourth-order valence-electron chi connectivity index (χ4n) is 2.00. The lowest BCUT2D eigenvalue weighted by Gasteiger charge is -2.23. The minimum absolute atomic E-state index is 0.139. The van der Waals surface area contributed by atoms with Crippen LogP contribution in [0.25, 0.3) is 5.57 Å². The molecule has 0 radical (unpaired) electrons. The molecule has 0 saturated heterocycles. The van der Waals surface area contributed by atoms with Crippen LogP contribution in [0.15, 0.2) is 47.0 Å². The van der Waals surface area contributed by atoms with Crippen molar-refractivity contribution in [1.29, 1.82) is 10.5 Å². The molecule has 0 aliphatic rings. The summed E-state index contributed by atoms with van der Waals surface area (Å²) in [6.07, 6.45) is 3.94. The Labute approximate surface area is 131 Å². The zero-order chi connectivity index (χ0) is 15.7. The molecule has 1 aromatic rings. The summed E-state index contributed by atoms with van der Waals surface area (Å²) in [6, 6.07) is 13.6. The number of hydrogen-bond donors (Lipinski definition) is 0. The van der Waals surface area contributed by atoms with Crippen molar-refractivity contribution in [1.82, 2.24) is 4.90 Å². The summed E-state index contributed by atoms with van der Waals surface area (Å²) in [7, 11) is 0. The first kappa shape index (κ1) is 16.9. The van der Waals surface area contributed by atoms with Gasteiger partial charge in [0.1, 0.15) is 17.7 Å².